The van der Waals surface area contributed by atoms with Crippen molar-refractivity contribution in [2.24, 2.45) is 0 Å². The molecule has 0 saturated heterocycles. The van der Waals surface area contributed by atoms with E-state index >= 15 is 0 Å². The summed E-state index contributed by atoms with van der Waals surface area (Å²) in [4.78, 5) is 25.5. The minimum Gasteiger partial charge on any atom is -0.472 e. The van der Waals surface area contributed by atoms with E-state index in [-0.39, 0.29) is 11.8 Å². The Balaban J connectivity index is 1.54. The monoisotopic (exact) mass is 394 g/mol. The van der Waals surface area contributed by atoms with Crippen molar-refractivity contribution in [1.82, 2.24) is 15.5 Å². The van der Waals surface area contributed by atoms with Gasteiger partial charge in [-0.05, 0) is 31.5 Å². The lowest BCUT2D eigenvalue weighted by atomic mass is 9.94. The lowest BCUT2D eigenvalue weighted by Crippen LogP contribution is -2.40. The van der Waals surface area contributed by atoms with Crippen molar-refractivity contribution in [2.45, 2.75) is 19.4 Å². The molecule has 8 heteroatoms. The molecule has 0 unspecified atom stereocenters. The van der Waals surface area contributed by atoms with E-state index in [1.54, 1.807) is 12.1 Å². The van der Waals surface area contributed by atoms with E-state index in [1.807, 2.05) is 44.2 Å². The highest BCUT2D eigenvalue weighted by molar-refractivity contribution is 7.21. The predicted molar refractivity (Wildman–Crippen MR) is 108 cm³/mol. The molecule has 2 amide bonds. The third kappa shape index (κ3) is 3.41. The van der Waals surface area contributed by atoms with Gasteiger partial charge in [0.2, 0.25) is 0 Å². The zero-order valence-electron chi connectivity index (χ0n) is 15.3. The predicted octanol–water partition coefficient (Wildman–Crippen LogP) is 4.13. The van der Waals surface area contributed by atoms with Crippen LogP contribution in [0.3, 0.4) is 0 Å². The molecule has 142 valence electrons. The molecule has 3 heterocycles. The van der Waals surface area contributed by atoms with Gasteiger partial charge in [0.15, 0.2) is 5.82 Å². The fourth-order valence-electron chi connectivity index (χ4n) is 2.86. The Labute approximate surface area is 164 Å². The molecular formula is C20H18N4O3S. The van der Waals surface area contributed by atoms with Gasteiger partial charge < -0.3 is 15.1 Å². The Morgan fingerprint density at radius 1 is 1.14 bits per heavy atom. The molecule has 0 aliphatic rings. The van der Waals surface area contributed by atoms with Crippen LogP contribution >= 0.6 is 11.3 Å². The number of carbonyl (C=O) groups is 2. The first-order valence-corrected chi connectivity index (χ1v) is 9.45. The van der Waals surface area contributed by atoms with E-state index in [2.05, 4.69) is 20.8 Å². The fourth-order valence-corrected chi connectivity index (χ4v) is 3.81. The van der Waals surface area contributed by atoms with Gasteiger partial charge in [-0.2, -0.15) is 5.10 Å². The summed E-state index contributed by atoms with van der Waals surface area (Å²) in [5.74, 6) is -0.130. The van der Waals surface area contributed by atoms with Crippen molar-refractivity contribution in [3.8, 4) is 0 Å². The summed E-state index contributed by atoms with van der Waals surface area (Å²) >= 11 is 1.27. The van der Waals surface area contributed by atoms with Crippen molar-refractivity contribution < 1.29 is 14.0 Å². The van der Waals surface area contributed by atoms with Crippen LogP contribution in [0, 0.1) is 0 Å². The maximum atomic E-state index is 12.8. The van der Waals surface area contributed by atoms with Gasteiger partial charge in [0.05, 0.1) is 32.5 Å². The topological polar surface area (TPSA) is 100 Å². The summed E-state index contributed by atoms with van der Waals surface area (Å²) in [6.45, 7) is 3.91. The molecule has 4 rings (SSSR count). The first-order valence-electron chi connectivity index (χ1n) is 8.63. The van der Waals surface area contributed by atoms with E-state index in [9.17, 15) is 9.59 Å². The molecule has 0 atom stereocenters. The maximum Gasteiger partial charge on any atom is 0.262 e. The van der Waals surface area contributed by atoms with Crippen molar-refractivity contribution in [1.29, 1.82) is 0 Å². The normalized spacial score (nSPS) is 11.5. The summed E-state index contributed by atoms with van der Waals surface area (Å²) in [5.41, 5.74) is 1.58. The average Bonchev–Trinajstić information content (AvgIpc) is 3.40. The Morgan fingerprint density at radius 2 is 1.93 bits per heavy atom. The summed E-state index contributed by atoms with van der Waals surface area (Å²) in [5, 5.41) is 12.8. The summed E-state index contributed by atoms with van der Waals surface area (Å²) < 4.78 is 5.63. The number of anilines is 1. The number of thiophene rings is 1. The number of nitrogens with one attached hydrogen (secondary N) is 3. The molecule has 0 bridgehead atoms. The molecule has 1 aromatic carbocycles. The minimum absolute atomic E-state index is 0.185. The molecule has 4 aromatic rings. The Kier molecular flexibility index (Phi) is 4.48. The second kappa shape index (κ2) is 6.97. The highest BCUT2D eigenvalue weighted by atomic mass is 32.1. The van der Waals surface area contributed by atoms with Gasteiger partial charge in [0, 0.05) is 0 Å². The van der Waals surface area contributed by atoms with Crippen LogP contribution in [0.2, 0.25) is 0 Å². The smallest absolute Gasteiger partial charge is 0.262 e. The lowest BCUT2D eigenvalue weighted by molar-refractivity contribution is 0.0915. The molecule has 3 N–H and O–H groups in total. The molecule has 28 heavy (non-hydrogen) atoms. The van der Waals surface area contributed by atoms with Gasteiger partial charge in [-0.15, -0.1) is 11.3 Å². The molecule has 0 aliphatic carbocycles. The number of rotatable bonds is 5. The number of carbonyl (C=O) groups excluding carboxylic acids is 2. The molecule has 0 fully saturated rings. The number of hydrogen-bond donors (Lipinski definition) is 3. The molecule has 7 nitrogen and oxygen atoms in total. The van der Waals surface area contributed by atoms with Crippen LogP contribution in [0.5, 0.6) is 0 Å². The maximum absolute atomic E-state index is 12.8. The van der Waals surface area contributed by atoms with Crippen LogP contribution < -0.4 is 10.6 Å². The summed E-state index contributed by atoms with van der Waals surface area (Å²) in [6, 6.07) is 13.1. The highest BCUT2D eigenvalue weighted by Crippen LogP contribution is 2.31. The first-order chi connectivity index (χ1) is 13.4. The highest BCUT2D eigenvalue weighted by Gasteiger charge is 2.25. The zero-order chi connectivity index (χ0) is 19.7. The third-order valence-corrected chi connectivity index (χ3v) is 5.54. The second-order valence-corrected chi connectivity index (χ2v) is 7.89. The number of furan rings is 1. The second-order valence-electron chi connectivity index (χ2n) is 6.84. The van der Waals surface area contributed by atoms with E-state index in [1.165, 1.54) is 23.9 Å². The van der Waals surface area contributed by atoms with E-state index in [0.29, 0.717) is 26.5 Å². The molecule has 0 saturated carbocycles. The third-order valence-electron chi connectivity index (χ3n) is 4.40. The van der Waals surface area contributed by atoms with Crippen molar-refractivity contribution in [3.05, 3.63) is 71.0 Å². The molecule has 0 spiro atoms. The van der Waals surface area contributed by atoms with Crippen LogP contribution in [0.25, 0.3) is 10.2 Å². The van der Waals surface area contributed by atoms with Crippen LogP contribution in [0.4, 0.5) is 5.82 Å². The summed E-state index contributed by atoms with van der Waals surface area (Å²) in [7, 11) is 0. The van der Waals surface area contributed by atoms with Crippen LogP contribution in [0.1, 0.15) is 39.4 Å². The van der Waals surface area contributed by atoms with Gasteiger partial charge in [-0.3, -0.25) is 14.7 Å². The van der Waals surface area contributed by atoms with Gasteiger partial charge in [0.25, 0.3) is 11.8 Å². The fraction of sp³-hybridized carbons (Fsp3) is 0.150. The van der Waals surface area contributed by atoms with E-state index < -0.39 is 5.54 Å². The zero-order valence-corrected chi connectivity index (χ0v) is 16.1. The molecular weight excluding hydrogens is 376 g/mol. The number of benzene rings is 1. The average molecular weight is 394 g/mol. The van der Waals surface area contributed by atoms with Crippen LogP contribution in [-0.2, 0) is 5.54 Å². The number of fused-ring (bicyclic) bond motifs is 1. The summed E-state index contributed by atoms with van der Waals surface area (Å²) in [6.07, 6.45) is 2.79. The number of amides is 2. The number of aromatic nitrogens is 2. The van der Waals surface area contributed by atoms with Crippen molar-refractivity contribution >= 4 is 39.2 Å². The van der Waals surface area contributed by atoms with Gasteiger partial charge in [-0.1, -0.05) is 30.3 Å². The SMILES string of the molecule is CC(C)(NC(=O)c1cc2[nH]nc(NC(=O)c3ccoc3)c2s1)c1ccccc1. The van der Waals surface area contributed by atoms with Crippen LogP contribution in [-0.4, -0.2) is 22.0 Å². The standard InChI is InChI=1S/C20H18N4O3S/c1-20(2,13-6-4-3-5-7-13)22-19(26)15-10-14-16(28-15)17(24-23-14)21-18(25)12-8-9-27-11-12/h3-11H,1-2H3,(H,22,26)(H2,21,23,24,25). The van der Waals surface area contributed by atoms with Gasteiger partial charge >= 0.3 is 0 Å². The van der Waals surface area contributed by atoms with Gasteiger partial charge in [-0.25, -0.2) is 0 Å². The lowest BCUT2D eigenvalue weighted by Gasteiger charge is -2.26. The largest absolute Gasteiger partial charge is 0.472 e. The quantitative estimate of drug-likeness (QED) is 0.474. The number of hydrogen-bond acceptors (Lipinski definition) is 5. The number of nitrogens with zero attached hydrogens (tertiary/aromatic N) is 1. The van der Waals surface area contributed by atoms with Crippen molar-refractivity contribution in [3.63, 3.8) is 0 Å². The van der Waals surface area contributed by atoms with Crippen molar-refractivity contribution in [2.75, 3.05) is 5.32 Å². The molecule has 3 aromatic heterocycles. The number of H-pyrrole nitrogens is 1. The molecule has 0 aliphatic heterocycles. The first kappa shape index (κ1) is 18.0. The Hall–Kier alpha value is -3.39. The van der Waals surface area contributed by atoms with Gasteiger partial charge in [0.1, 0.15) is 6.26 Å². The van der Waals surface area contributed by atoms with E-state index in [4.69, 9.17) is 4.42 Å². The van der Waals surface area contributed by atoms with Crippen LogP contribution in [0.15, 0.2) is 59.4 Å². The Bertz CT molecular complexity index is 1130. The van der Waals surface area contributed by atoms with E-state index in [0.717, 1.165) is 5.56 Å². The number of aromatic amines is 1. The Morgan fingerprint density at radius 3 is 2.64 bits per heavy atom. The minimum atomic E-state index is -0.521. The molecule has 0 radical (unpaired) electrons.